The number of rotatable bonds is 6. The van der Waals surface area contributed by atoms with Gasteiger partial charge in [-0.3, -0.25) is 4.79 Å². The van der Waals surface area contributed by atoms with E-state index in [2.05, 4.69) is 5.32 Å². The normalized spacial score (nSPS) is 11.2. The Hall–Kier alpha value is -1.37. The van der Waals surface area contributed by atoms with Crippen LogP contribution >= 0.6 is 11.8 Å². The number of benzene rings is 1. The lowest BCUT2D eigenvalue weighted by Crippen LogP contribution is -2.26. The van der Waals surface area contributed by atoms with Crippen LogP contribution in [0.1, 0.15) is 12.5 Å². The smallest absolute Gasteiger partial charge is 0.442 e. The van der Waals surface area contributed by atoms with Crippen molar-refractivity contribution in [3.05, 3.63) is 29.8 Å². The van der Waals surface area contributed by atoms with E-state index in [1.54, 1.807) is 24.3 Å². The molecular formula is C12H14F3NO2S. The zero-order valence-corrected chi connectivity index (χ0v) is 11.1. The maximum atomic E-state index is 11.9. The number of hydrogen-bond acceptors (Lipinski definition) is 3. The minimum absolute atomic E-state index is 0.146. The molecule has 0 aromatic heterocycles. The fourth-order valence-electron chi connectivity index (χ4n) is 1.34. The highest BCUT2D eigenvalue weighted by molar-refractivity contribution is 8.00. The van der Waals surface area contributed by atoms with E-state index in [1.807, 2.05) is 6.92 Å². The summed E-state index contributed by atoms with van der Waals surface area (Å²) >= 11 is -0.352. The van der Waals surface area contributed by atoms with Crippen molar-refractivity contribution in [2.75, 3.05) is 12.4 Å². The third-order valence-corrected chi connectivity index (χ3v) is 2.85. The first-order valence-electron chi connectivity index (χ1n) is 5.60. The highest BCUT2D eigenvalue weighted by Crippen LogP contribution is 2.29. The molecule has 7 heteroatoms. The Kier molecular flexibility index (Phi) is 6.01. The number of ether oxygens (including phenoxy) is 1. The summed E-state index contributed by atoms with van der Waals surface area (Å²) in [5, 5.41) is 2.43. The van der Waals surface area contributed by atoms with E-state index in [-0.39, 0.29) is 18.3 Å². The molecule has 0 aliphatic rings. The summed E-state index contributed by atoms with van der Waals surface area (Å²) in [6.07, 6.45) is 0. The molecule has 0 atom stereocenters. The van der Waals surface area contributed by atoms with Crippen molar-refractivity contribution in [1.29, 1.82) is 0 Å². The number of halogens is 3. The van der Waals surface area contributed by atoms with Gasteiger partial charge in [-0.2, -0.15) is 13.2 Å². The van der Waals surface area contributed by atoms with Crippen LogP contribution < -0.4 is 10.1 Å². The molecule has 0 bridgehead atoms. The molecule has 3 nitrogen and oxygen atoms in total. The van der Waals surface area contributed by atoms with Crippen molar-refractivity contribution >= 4 is 17.7 Å². The van der Waals surface area contributed by atoms with E-state index < -0.39 is 17.2 Å². The Balaban J connectivity index is 2.46. The maximum Gasteiger partial charge on any atom is 0.442 e. The summed E-state index contributed by atoms with van der Waals surface area (Å²) in [4.78, 5) is 11.3. The van der Waals surface area contributed by atoms with E-state index in [1.165, 1.54) is 0 Å². The number of alkyl halides is 3. The second kappa shape index (κ2) is 7.28. The van der Waals surface area contributed by atoms with Gasteiger partial charge in [-0.1, -0.05) is 18.2 Å². The van der Waals surface area contributed by atoms with Gasteiger partial charge in [0.1, 0.15) is 5.75 Å². The fraction of sp³-hybridized carbons (Fsp3) is 0.417. The van der Waals surface area contributed by atoms with Gasteiger partial charge in [0.25, 0.3) is 0 Å². The molecule has 0 fully saturated rings. The molecule has 106 valence electrons. The molecule has 19 heavy (non-hydrogen) atoms. The van der Waals surface area contributed by atoms with Gasteiger partial charge in [0.05, 0.1) is 12.4 Å². The van der Waals surface area contributed by atoms with Crippen LogP contribution in [-0.4, -0.2) is 23.8 Å². The van der Waals surface area contributed by atoms with Crippen LogP contribution in [0.2, 0.25) is 0 Å². The Morgan fingerprint density at radius 3 is 2.68 bits per heavy atom. The van der Waals surface area contributed by atoms with Crippen LogP contribution in [0.5, 0.6) is 5.75 Å². The quantitative estimate of drug-likeness (QED) is 0.876. The second-order valence-corrected chi connectivity index (χ2v) is 4.59. The summed E-state index contributed by atoms with van der Waals surface area (Å²) in [7, 11) is 0. The summed E-state index contributed by atoms with van der Waals surface area (Å²) in [6.45, 7) is 2.46. The van der Waals surface area contributed by atoms with Crippen LogP contribution in [0.4, 0.5) is 13.2 Å². The van der Waals surface area contributed by atoms with E-state index in [4.69, 9.17) is 4.74 Å². The molecule has 0 aliphatic carbocycles. The molecule has 0 spiro atoms. The summed E-state index contributed by atoms with van der Waals surface area (Å²) in [5.41, 5.74) is -3.66. The highest BCUT2D eigenvalue weighted by atomic mass is 32.2. The van der Waals surface area contributed by atoms with Crippen LogP contribution in [0.15, 0.2) is 24.3 Å². The molecule has 1 rings (SSSR count). The van der Waals surface area contributed by atoms with Crippen molar-refractivity contribution in [2.24, 2.45) is 0 Å². The molecule has 0 saturated heterocycles. The zero-order valence-electron chi connectivity index (χ0n) is 10.3. The fourth-order valence-corrected chi connectivity index (χ4v) is 1.74. The highest BCUT2D eigenvalue weighted by Gasteiger charge is 2.29. The average molecular weight is 293 g/mol. The lowest BCUT2D eigenvalue weighted by molar-refractivity contribution is -0.119. The maximum absolute atomic E-state index is 11.9. The number of carbonyl (C=O) groups is 1. The van der Waals surface area contributed by atoms with Crippen molar-refractivity contribution in [3.8, 4) is 5.75 Å². The minimum Gasteiger partial charge on any atom is -0.494 e. The summed E-state index contributed by atoms with van der Waals surface area (Å²) in [6, 6.07) is 7.06. The first kappa shape index (κ1) is 15.7. The van der Waals surface area contributed by atoms with Gasteiger partial charge in [-0.05, 0) is 24.8 Å². The molecule has 1 aromatic rings. The number of nitrogens with one attached hydrogen (secondary N) is 1. The molecule has 0 radical (unpaired) electrons. The molecule has 1 amide bonds. The third-order valence-electron chi connectivity index (χ3n) is 2.12. The molecule has 0 aliphatic heterocycles. The third kappa shape index (κ3) is 6.37. The van der Waals surface area contributed by atoms with E-state index in [0.29, 0.717) is 12.4 Å². The number of hydrogen-bond donors (Lipinski definition) is 1. The van der Waals surface area contributed by atoms with E-state index in [0.717, 1.165) is 5.56 Å². The SMILES string of the molecule is CCOc1ccccc1CNC(=O)CSC(F)(F)F. The van der Waals surface area contributed by atoms with Crippen molar-refractivity contribution in [1.82, 2.24) is 5.32 Å². The van der Waals surface area contributed by atoms with Crippen LogP contribution in [-0.2, 0) is 11.3 Å². The first-order valence-corrected chi connectivity index (χ1v) is 6.59. The van der Waals surface area contributed by atoms with Gasteiger partial charge in [0.15, 0.2) is 0 Å². The predicted octanol–water partition coefficient (Wildman–Crippen LogP) is 2.95. The Bertz CT molecular complexity index is 424. The molecular weight excluding hydrogens is 279 g/mol. The standard InChI is InChI=1S/C12H14F3NO2S/c1-2-18-10-6-4-3-5-9(10)7-16-11(17)8-19-12(13,14)15/h3-6H,2,7-8H2,1H3,(H,16,17). The number of carbonyl (C=O) groups excluding carboxylic acids is 1. The minimum atomic E-state index is -4.39. The lowest BCUT2D eigenvalue weighted by atomic mass is 10.2. The van der Waals surface area contributed by atoms with Crippen LogP contribution in [0.25, 0.3) is 0 Å². The molecule has 0 saturated carbocycles. The van der Waals surface area contributed by atoms with Gasteiger partial charge in [0, 0.05) is 12.1 Å². The number of para-hydroxylation sites is 1. The lowest BCUT2D eigenvalue weighted by Gasteiger charge is -2.11. The number of amides is 1. The average Bonchev–Trinajstić information content (AvgIpc) is 2.35. The zero-order chi connectivity index (χ0) is 14.3. The first-order chi connectivity index (χ1) is 8.92. The van der Waals surface area contributed by atoms with Crippen molar-refractivity contribution < 1.29 is 22.7 Å². The molecule has 0 heterocycles. The monoisotopic (exact) mass is 293 g/mol. The van der Waals surface area contributed by atoms with E-state index in [9.17, 15) is 18.0 Å². The largest absolute Gasteiger partial charge is 0.494 e. The van der Waals surface area contributed by atoms with Crippen molar-refractivity contribution in [2.45, 2.75) is 19.0 Å². The molecule has 0 unspecified atom stereocenters. The van der Waals surface area contributed by atoms with Gasteiger partial charge in [0.2, 0.25) is 5.91 Å². The summed E-state index contributed by atoms with van der Waals surface area (Å²) < 4.78 is 41.1. The Morgan fingerprint density at radius 1 is 1.37 bits per heavy atom. The van der Waals surface area contributed by atoms with Gasteiger partial charge in [-0.15, -0.1) is 0 Å². The van der Waals surface area contributed by atoms with Gasteiger partial charge < -0.3 is 10.1 Å². The van der Waals surface area contributed by atoms with Crippen LogP contribution in [0.3, 0.4) is 0 Å². The Labute approximate surface area is 113 Å². The van der Waals surface area contributed by atoms with E-state index >= 15 is 0 Å². The predicted molar refractivity (Wildman–Crippen MR) is 68.0 cm³/mol. The topological polar surface area (TPSA) is 38.3 Å². The molecule has 1 aromatic carbocycles. The van der Waals surface area contributed by atoms with Crippen LogP contribution in [0, 0.1) is 0 Å². The Morgan fingerprint density at radius 2 is 2.05 bits per heavy atom. The summed E-state index contributed by atoms with van der Waals surface area (Å²) in [5.74, 6) is -0.678. The van der Waals surface area contributed by atoms with Crippen molar-refractivity contribution in [3.63, 3.8) is 0 Å². The number of thioether (sulfide) groups is 1. The van der Waals surface area contributed by atoms with Gasteiger partial charge in [-0.25, -0.2) is 0 Å². The molecule has 1 N–H and O–H groups in total. The second-order valence-electron chi connectivity index (χ2n) is 3.55. The van der Waals surface area contributed by atoms with Gasteiger partial charge >= 0.3 is 5.51 Å².